The van der Waals surface area contributed by atoms with E-state index in [4.69, 9.17) is 15.2 Å². The van der Waals surface area contributed by atoms with E-state index in [9.17, 15) is 0 Å². The van der Waals surface area contributed by atoms with Gasteiger partial charge in [0.05, 0.1) is 6.61 Å². The Morgan fingerprint density at radius 3 is 2.40 bits per heavy atom. The highest BCUT2D eigenvalue weighted by molar-refractivity contribution is 5.46. The summed E-state index contributed by atoms with van der Waals surface area (Å²) in [4.78, 5) is 0. The zero-order valence-electron chi connectivity index (χ0n) is 12.1. The number of benzene rings is 2. The van der Waals surface area contributed by atoms with Gasteiger partial charge in [-0.1, -0.05) is 42.0 Å². The zero-order valence-corrected chi connectivity index (χ0v) is 12.1. The van der Waals surface area contributed by atoms with Gasteiger partial charge >= 0.3 is 0 Å². The predicted octanol–water partition coefficient (Wildman–Crippen LogP) is 3.43. The molecular formula is C17H21NO2. The molecule has 0 spiro atoms. The monoisotopic (exact) mass is 271 g/mol. The average molecular weight is 271 g/mol. The molecule has 20 heavy (non-hydrogen) atoms. The van der Waals surface area contributed by atoms with Crippen LogP contribution in [-0.4, -0.2) is 6.61 Å². The van der Waals surface area contributed by atoms with Crippen molar-refractivity contribution in [2.75, 3.05) is 6.61 Å². The molecule has 0 radical (unpaired) electrons. The molecule has 0 saturated carbocycles. The molecule has 106 valence electrons. The minimum Gasteiger partial charge on any atom is -0.490 e. The summed E-state index contributed by atoms with van der Waals surface area (Å²) in [5.41, 5.74) is 9.10. The van der Waals surface area contributed by atoms with Crippen LogP contribution in [0.4, 0.5) is 0 Å². The minimum atomic E-state index is 0.435. The number of ether oxygens (including phenoxy) is 2. The second kappa shape index (κ2) is 6.96. The van der Waals surface area contributed by atoms with Gasteiger partial charge in [-0.15, -0.1) is 0 Å². The molecule has 0 aliphatic heterocycles. The van der Waals surface area contributed by atoms with Gasteiger partial charge in [0.1, 0.15) is 6.61 Å². The summed E-state index contributed by atoms with van der Waals surface area (Å²) < 4.78 is 11.5. The summed E-state index contributed by atoms with van der Waals surface area (Å²) in [6.07, 6.45) is 0. The molecule has 0 heterocycles. The highest BCUT2D eigenvalue weighted by atomic mass is 16.5. The third-order valence-corrected chi connectivity index (χ3v) is 3.08. The Bertz CT molecular complexity index is 549. The van der Waals surface area contributed by atoms with Crippen LogP contribution in [-0.2, 0) is 13.2 Å². The summed E-state index contributed by atoms with van der Waals surface area (Å²) in [6.45, 7) is 5.58. The average Bonchev–Trinajstić information content (AvgIpc) is 2.47. The topological polar surface area (TPSA) is 44.5 Å². The maximum atomic E-state index is 5.93. The first-order valence-corrected chi connectivity index (χ1v) is 6.87. The van der Waals surface area contributed by atoms with E-state index >= 15 is 0 Å². The lowest BCUT2D eigenvalue weighted by molar-refractivity contribution is 0.266. The van der Waals surface area contributed by atoms with Crippen LogP contribution in [0.2, 0.25) is 0 Å². The van der Waals surface area contributed by atoms with Crippen molar-refractivity contribution in [3.63, 3.8) is 0 Å². The number of nitrogens with two attached hydrogens (primary N) is 1. The third kappa shape index (κ3) is 3.52. The molecule has 0 saturated heterocycles. The van der Waals surface area contributed by atoms with Gasteiger partial charge in [-0.2, -0.15) is 0 Å². The molecule has 3 nitrogen and oxygen atoms in total. The van der Waals surface area contributed by atoms with Crippen LogP contribution < -0.4 is 15.2 Å². The normalized spacial score (nSPS) is 10.3. The first kappa shape index (κ1) is 14.4. The zero-order chi connectivity index (χ0) is 14.4. The fourth-order valence-electron chi connectivity index (χ4n) is 1.99. The van der Waals surface area contributed by atoms with E-state index in [0.29, 0.717) is 19.8 Å². The fourth-order valence-corrected chi connectivity index (χ4v) is 1.99. The molecule has 0 amide bonds. The van der Waals surface area contributed by atoms with E-state index in [0.717, 1.165) is 22.6 Å². The first-order valence-electron chi connectivity index (χ1n) is 6.87. The molecule has 0 atom stereocenters. The lowest BCUT2D eigenvalue weighted by Gasteiger charge is -2.15. The van der Waals surface area contributed by atoms with E-state index in [1.165, 1.54) is 5.56 Å². The van der Waals surface area contributed by atoms with Crippen LogP contribution in [0.3, 0.4) is 0 Å². The second-order valence-corrected chi connectivity index (χ2v) is 4.66. The lowest BCUT2D eigenvalue weighted by atomic mass is 10.1. The van der Waals surface area contributed by atoms with Crippen LogP contribution in [0, 0.1) is 6.92 Å². The molecule has 2 N–H and O–H groups in total. The van der Waals surface area contributed by atoms with Gasteiger partial charge in [0.2, 0.25) is 0 Å². The van der Waals surface area contributed by atoms with Crippen molar-refractivity contribution < 1.29 is 9.47 Å². The molecule has 0 aliphatic rings. The summed E-state index contributed by atoms with van der Waals surface area (Å²) in [6, 6.07) is 14.1. The molecule has 0 aliphatic carbocycles. The van der Waals surface area contributed by atoms with Crippen molar-refractivity contribution in [2.45, 2.75) is 27.0 Å². The summed E-state index contributed by atoms with van der Waals surface area (Å²) >= 11 is 0. The smallest absolute Gasteiger partial charge is 0.166 e. The summed E-state index contributed by atoms with van der Waals surface area (Å²) in [7, 11) is 0. The Kier molecular flexibility index (Phi) is 5.02. The summed E-state index contributed by atoms with van der Waals surface area (Å²) in [5.74, 6) is 1.50. The second-order valence-electron chi connectivity index (χ2n) is 4.66. The van der Waals surface area contributed by atoms with Crippen LogP contribution in [0.15, 0.2) is 42.5 Å². The molecule has 0 fully saturated rings. The van der Waals surface area contributed by atoms with E-state index in [1.807, 2.05) is 25.1 Å². The van der Waals surface area contributed by atoms with Gasteiger partial charge in [0.25, 0.3) is 0 Å². The highest BCUT2D eigenvalue weighted by Gasteiger charge is 2.10. The SMILES string of the molecule is CCOc1cccc(CN)c1OCc1ccc(C)cc1. The van der Waals surface area contributed by atoms with Crippen LogP contribution in [0.5, 0.6) is 11.5 Å². The van der Waals surface area contributed by atoms with Gasteiger partial charge in [-0.25, -0.2) is 0 Å². The fraction of sp³-hybridized carbons (Fsp3) is 0.294. The Morgan fingerprint density at radius 2 is 1.75 bits per heavy atom. The third-order valence-electron chi connectivity index (χ3n) is 3.08. The number of para-hydroxylation sites is 1. The Morgan fingerprint density at radius 1 is 1.00 bits per heavy atom. The van der Waals surface area contributed by atoms with Crippen molar-refractivity contribution in [3.05, 3.63) is 59.2 Å². The standard InChI is InChI=1S/C17H21NO2/c1-3-19-16-6-4-5-15(11-18)17(16)20-12-14-9-7-13(2)8-10-14/h4-10H,3,11-12,18H2,1-2H3. The Hall–Kier alpha value is -2.00. The quantitative estimate of drug-likeness (QED) is 0.875. The number of hydrogen-bond donors (Lipinski definition) is 1. The van der Waals surface area contributed by atoms with E-state index in [2.05, 4.69) is 31.2 Å². The maximum Gasteiger partial charge on any atom is 0.166 e. The lowest BCUT2D eigenvalue weighted by Crippen LogP contribution is -2.05. The number of hydrogen-bond acceptors (Lipinski definition) is 3. The highest BCUT2D eigenvalue weighted by Crippen LogP contribution is 2.31. The largest absolute Gasteiger partial charge is 0.490 e. The van der Waals surface area contributed by atoms with E-state index in [1.54, 1.807) is 0 Å². The maximum absolute atomic E-state index is 5.93. The Labute approximate surface area is 120 Å². The van der Waals surface area contributed by atoms with Gasteiger partial charge < -0.3 is 15.2 Å². The minimum absolute atomic E-state index is 0.435. The van der Waals surface area contributed by atoms with Crippen LogP contribution >= 0.6 is 0 Å². The van der Waals surface area contributed by atoms with E-state index in [-0.39, 0.29) is 0 Å². The molecule has 0 unspecified atom stereocenters. The van der Waals surface area contributed by atoms with Crippen LogP contribution in [0.25, 0.3) is 0 Å². The van der Waals surface area contributed by atoms with Gasteiger partial charge in [-0.3, -0.25) is 0 Å². The molecular weight excluding hydrogens is 250 g/mol. The van der Waals surface area contributed by atoms with E-state index < -0.39 is 0 Å². The van der Waals surface area contributed by atoms with Crippen molar-refractivity contribution in [1.29, 1.82) is 0 Å². The van der Waals surface area contributed by atoms with Crippen molar-refractivity contribution >= 4 is 0 Å². The predicted molar refractivity (Wildman–Crippen MR) is 81.0 cm³/mol. The van der Waals surface area contributed by atoms with Crippen molar-refractivity contribution in [1.82, 2.24) is 0 Å². The molecule has 2 rings (SSSR count). The van der Waals surface area contributed by atoms with Gasteiger partial charge in [0.15, 0.2) is 11.5 Å². The molecule has 3 heteroatoms. The number of aryl methyl sites for hydroxylation is 1. The van der Waals surface area contributed by atoms with Crippen LogP contribution in [0.1, 0.15) is 23.6 Å². The first-order chi connectivity index (χ1) is 9.74. The van der Waals surface area contributed by atoms with Gasteiger partial charge in [-0.05, 0) is 25.5 Å². The van der Waals surface area contributed by atoms with Crippen molar-refractivity contribution in [2.24, 2.45) is 5.73 Å². The molecule has 2 aromatic rings. The summed E-state index contributed by atoms with van der Waals surface area (Å²) in [5, 5.41) is 0. The number of rotatable bonds is 6. The molecule has 0 bridgehead atoms. The molecule has 0 aromatic heterocycles. The molecule has 2 aromatic carbocycles. The van der Waals surface area contributed by atoms with Crippen molar-refractivity contribution in [3.8, 4) is 11.5 Å². The van der Waals surface area contributed by atoms with Gasteiger partial charge in [0, 0.05) is 12.1 Å². The Balaban J connectivity index is 2.16.